The summed E-state index contributed by atoms with van der Waals surface area (Å²) >= 11 is 0. The lowest BCUT2D eigenvalue weighted by Gasteiger charge is -2.40. The Morgan fingerprint density at radius 1 is 1.24 bits per heavy atom. The SMILES string of the molecule is CCc1ccc(C(NN)C(C)(C)N(C)C)cc1. The minimum Gasteiger partial charge on any atom is -0.302 e. The number of hydrogen-bond donors (Lipinski definition) is 2. The van der Waals surface area contributed by atoms with Gasteiger partial charge >= 0.3 is 0 Å². The normalized spacial score (nSPS) is 14.1. The minimum absolute atomic E-state index is 0.0392. The van der Waals surface area contributed by atoms with Gasteiger partial charge in [-0.05, 0) is 45.5 Å². The Labute approximate surface area is 105 Å². The Hall–Kier alpha value is -0.900. The maximum Gasteiger partial charge on any atom is 0.0638 e. The van der Waals surface area contributed by atoms with E-state index in [0.717, 1.165) is 6.42 Å². The minimum atomic E-state index is -0.0392. The molecule has 1 rings (SSSR count). The number of hydrazine groups is 1. The maximum absolute atomic E-state index is 5.72. The summed E-state index contributed by atoms with van der Waals surface area (Å²) in [6, 6.07) is 8.78. The molecule has 17 heavy (non-hydrogen) atoms. The molecule has 0 aliphatic carbocycles. The van der Waals surface area contributed by atoms with E-state index >= 15 is 0 Å². The number of nitrogens with two attached hydrogens (primary N) is 1. The third-order valence-corrected chi connectivity index (χ3v) is 3.75. The summed E-state index contributed by atoms with van der Waals surface area (Å²) in [4.78, 5) is 2.19. The second kappa shape index (κ2) is 5.63. The zero-order chi connectivity index (χ0) is 13.1. The predicted octanol–water partition coefficient (Wildman–Crippen LogP) is 2.09. The van der Waals surface area contributed by atoms with Gasteiger partial charge in [0.2, 0.25) is 0 Å². The molecule has 0 saturated heterocycles. The van der Waals surface area contributed by atoms with Crippen LogP contribution in [0.5, 0.6) is 0 Å². The Bertz CT molecular complexity index is 341. The molecule has 1 aromatic carbocycles. The van der Waals surface area contributed by atoms with Crippen molar-refractivity contribution in [3.63, 3.8) is 0 Å². The Morgan fingerprint density at radius 2 is 1.76 bits per heavy atom. The van der Waals surface area contributed by atoms with E-state index in [0.29, 0.717) is 0 Å². The van der Waals surface area contributed by atoms with Crippen LogP contribution in [0.15, 0.2) is 24.3 Å². The van der Waals surface area contributed by atoms with E-state index in [2.05, 4.69) is 69.5 Å². The van der Waals surface area contributed by atoms with Crippen molar-refractivity contribution < 1.29 is 0 Å². The zero-order valence-electron chi connectivity index (χ0n) is 11.6. The molecule has 1 unspecified atom stereocenters. The lowest BCUT2D eigenvalue weighted by molar-refractivity contribution is 0.138. The van der Waals surface area contributed by atoms with Crippen molar-refractivity contribution in [2.45, 2.75) is 38.8 Å². The molecule has 0 heterocycles. The van der Waals surface area contributed by atoms with Crippen LogP contribution in [-0.2, 0) is 6.42 Å². The molecule has 3 N–H and O–H groups in total. The van der Waals surface area contributed by atoms with Crippen molar-refractivity contribution in [2.75, 3.05) is 14.1 Å². The van der Waals surface area contributed by atoms with Crippen LogP contribution in [-0.4, -0.2) is 24.5 Å². The first-order valence-corrected chi connectivity index (χ1v) is 6.15. The van der Waals surface area contributed by atoms with Crippen molar-refractivity contribution in [3.05, 3.63) is 35.4 Å². The topological polar surface area (TPSA) is 41.3 Å². The standard InChI is InChI=1S/C14H25N3/c1-6-11-7-9-12(10-8-11)13(16-15)14(2,3)17(4)5/h7-10,13,16H,6,15H2,1-5H3. The molecular formula is C14H25N3. The molecule has 0 aliphatic rings. The number of aryl methyl sites for hydroxylation is 1. The van der Waals surface area contributed by atoms with Gasteiger partial charge < -0.3 is 4.90 Å². The van der Waals surface area contributed by atoms with Gasteiger partial charge in [-0.15, -0.1) is 0 Å². The van der Waals surface area contributed by atoms with Gasteiger partial charge in [-0.2, -0.15) is 0 Å². The van der Waals surface area contributed by atoms with E-state index in [1.54, 1.807) is 0 Å². The van der Waals surface area contributed by atoms with E-state index in [1.807, 2.05) is 0 Å². The zero-order valence-corrected chi connectivity index (χ0v) is 11.6. The molecule has 0 spiro atoms. The molecule has 0 amide bonds. The highest BCUT2D eigenvalue weighted by atomic mass is 15.3. The number of nitrogens with one attached hydrogen (secondary N) is 1. The third-order valence-electron chi connectivity index (χ3n) is 3.75. The van der Waals surface area contributed by atoms with Crippen LogP contribution in [0.2, 0.25) is 0 Å². The molecule has 0 bridgehead atoms. The fraction of sp³-hybridized carbons (Fsp3) is 0.571. The highest BCUT2D eigenvalue weighted by molar-refractivity contribution is 5.27. The first kappa shape index (κ1) is 14.2. The van der Waals surface area contributed by atoms with Crippen molar-refractivity contribution >= 4 is 0 Å². The van der Waals surface area contributed by atoms with Gasteiger partial charge in [0.1, 0.15) is 0 Å². The van der Waals surface area contributed by atoms with Crippen molar-refractivity contribution in [3.8, 4) is 0 Å². The Balaban J connectivity index is 3.01. The summed E-state index contributed by atoms with van der Waals surface area (Å²) in [5.41, 5.74) is 5.48. The summed E-state index contributed by atoms with van der Waals surface area (Å²) < 4.78 is 0. The van der Waals surface area contributed by atoms with Gasteiger partial charge in [0.25, 0.3) is 0 Å². The second-order valence-corrected chi connectivity index (χ2v) is 5.24. The van der Waals surface area contributed by atoms with E-state index in [1.165, 1.54) is 11.1 Å². The fourth-order valence-corrected chi connectivity index (χ4v) is 1.91. The number of nitrogens with zero attached hydrogens (tertiary/aromatic N) is 1. The third kappa shape index (κ3) is 3.06. The van der Waals surface area contributed by atoms with Crippen LogP contribution in [0.4, 0.5) is 0 Å². The molecule has 3 heteroatoms. The molecule has 96 valence electrons. The number of hydrogen-bond acceptors (Lipinski definition) is 3. The summed E-state index contributed by atoms with van der Waals surface area (Å²) in [6.45, 7) is 6.54. The highest BCUT2D eigenvalue weighted by Gasteiger charge is 2.31. The van der Waals surface area contributed by atoms with Gasteiger partial charge in [0, 0.05) is 5.54 Å². The van der Waals surface area contributed by atoms with Crippen LogP contribution >= 0.6 is 0 Å². The number of rotatable bonds is 5. The van der Waals surface area contributed by atoms with Gasteiger partial charge in [-0.3, -0.25) is 11.3 Å². The summed E-state index contributed by atoms with van der Waals surface area (Å²) in [5, 5.41) is 0. The first-order valence-electron chi connectivity index (χ1n) is 6.15. The highest BCUT2D eigenvalue weighted by Crippen LogP contribution is 2.28. The Kier molecular flexibility index (Phi) is 4.69. The largest absolute Gasteiger partial charge is 0.302 e. The molecule has 1 atom stereocenters. The van der Waals surface area contributed by atoms with Gasteiger partial charge in [-0.1, -0.05) is 31.2 Å². The second-order valence-electron chi connectivity index (χ2n) is 5.24. The fourth-order valence-electron chi connectivity index (χ4n) is 1.91. The molecule has 3 nitrogen and oxygen atoms in total. The molecule has 0 fully saturated rings. The molecular weight excluding hydrogens is 210 g/mol. The average Bonchev–Trinajstić information content (AvgIpc) is 2.30. The summed E-state index contributed by atoms with van der Waals surface area (Å²) in [6.07, 6.45) is 1.07. The van der Waals surface area contributed by atoms with E-state index in [9.17, 15) is 0 Å². The van der Waals surface area contributed by atoms with Crippen LogP contribution in [0.25, 0.3) is 0 Å². The number of benzene rings is 1. The molecule has 0 radical (unpaired) electrons. The maximum atomic E-state index is 5.72. The first-order chi connectivity index (χ1) is 7.93. The molecule has 0 saturated carbocycles. The smallest absolute Gasteiger partial charge is 0.0638 e. The molecule has 0 aromatic heterocycles. The monoisotopic (exact) mass is 235 g/mol. The van der Waals surface area contributed by atoms with Crippen molar-refractivity contribution in [2.24, 2.45) is 5.84 Å². The van der Waals surface area contributed by atoms with E-state index in [-0.39, 0.29) is 11.6 Å². The molecule has 1 aromatic rings. The van der Waals surface area contributed by atoms with Crippen molar-refractivity contribution in [1.29, 1.82) is 0 Å². The average molecular weight is 235 g/mol. The predicted molar refractivity (Wildman–Crippen MR) is 73.7 cm³/mol. The summed E-state index contributed by atoms with van der Waals surface area (Å²) in [5.74, 6) is 5.72. The number of likely N-dealkylation sites (N-methyl/N-ethyl adjacent to an activating group) is 1. The van der Waals surface area contributed by atoms with Gasteiger partial charge in [0.05, 0.1) is 6.04 Å². The van der Waals surface area contributed by atoms with Gasteiger partial charge in [-0.25, -0.2) is 0 Å². The van der Waals surface area contributed by atoms with Gasteiger partial charge in [0.15, 0.2) is 0 Å². The van der Waals surface area contributed by atoms with Crippen molar-refractivity contribution in [1.82, 2.24) is 10.3 Å². The quantitative estimate of drug-likeness (QED) is 0.606. The van der Waals surface area contributed by atoms with Crippen LogP contribution in [0.1, 0.15) is 37.9 Å². The lowest BCUT2D eigenvalue weighted by Crippen LogP contribution is -2.51. The lowest BCUT2D eigenvalue weighted by atomic mass is 9.87. The van der Waals surface area contributed by atoms with Crippen LogP contribution in [0, 0.1) is 0 Å². The summed E-state index contributed by atoms with van der Waals surface area (Å²) in [7, 11) is 4.15. The van der Waals surface area contributed by atoms with Crippen LogP contribution in [0.3, 0.4) is 0 Å². The Morgan fingerprint density at radius 3 is 2.12 bits per heavy atom. The molecule has 0 aliphatic heterocycles. The van der Waals surface area contributed by atoms with Crippen LogP contribution < -0.4 is 11.3 Å². The van der Waals surface area contributed by atoms with E-state index in [4.69, 9.17) is 5.84 Å². The van der Waals surface area contributed by atoms with E-state index < -0.39 is 0 Å².